The third-order valence-electron chi connectivity index (χ3n) is 2.33. The first kappa shape index (κ1) is 17.1. The molecule has 0 fully saturated rings. The molecule has 0 rings (SSSR count). The first-order valence-electron chi connectivity index (χ1n) is 6.29. The molecule has 0 saturated carbocycles. The summed E-state index contributed by atoms with van der Waals surface area (Å²) in [6, 6.07) is 0. The molecular formula is C14H26O4. The molecule has 4 heteroatoms. The number of Topliss-reactive ketones (excluding diaryl/α,β-unsaturated/α-hetero) is 1. The van der Waals surface area contributed by atoms with E-state index in [0.717, 1.165) is 0 Å². The summed E-state index contributed by atoms with van der Waals surface area (Å²) < 4.78 is 5.03. The Morgan fingerprint density at radius 2 is 1.56 bits per heavy atom. The van der Waals surface area contributed by atoms with Crippen LogP contribution in [0.25, 0.3) is 0 Å². The second-order valence-corrected chi connectivity index (χ2v) is 6.96. The second kappa shape index (κ2) is 6.32. The summed E-state index contributed by atoms with van der Waals surface area (Å²) in [6.45, 7) is 11.6. The van der Waals surface area contributed by atoms with Crippen molar-refractivity contribution in [1.29, 1.82) is 0 Å². The molecule has 106 valence electrons. The van der Waals surface area contributed by atoms with Gasteiger partial charge in [-0.05, 0) is 5.41 Å². The zero-order chi connectivity index (χ0) is 14.6. The van der Waals surface area contributed by atoms with Gasteiger partial charge in [-0.3, -0.25) is 9.59 Å². The van der Waals surface area contributed by atoms with Crippen molar-refractivity contribution >= 4 is 11.8 Å². The molecule has 1 N–H and O–H groups in total. The van der Waals surface area contributed by atoms with Crippen molar-refractivity contribution in [3.05, 3.63) is 0 Å². The Labute approximate surface area is 110 Å². The lowest BCUT2D eigenvalue weighted by Crippen LogP contribution is -2.27. The fourth-order valence-electron chi connectivity index (χ4n) is 1.14. The quantitative estimate of drug-likeness (QED) is 0.769. The van der Waals surface area contributed by atoms with E-state index >= 15 is 0 Å². The SMILES string of the molecule is CC(C)(C)COC(=O)CC(O)CC(=O)C(C)(C)C. The first-order chi connectivity index (χ1) is 7.92. The maximum Gasteiger partial charge on any atom is 0.308 e. The van der Waals surface area contributed by atoms with E-state index in [9.17, 15) is 14.7 Å². The van der Waals surface area contributed by atoms with Crippen LogP contribution in [0.3, 0.4) is 0 Å². The summed E-state index contributed by atoms with van der Waals surface area (Å²) in [7, 11) is 0. The van der Waals surface area contributed by atoms with Gasteiger partial charge >= 0.3 is 5.97 Å². The van der Waals surface area contributed by atoms with E-state index in [4.69, 9.17) is 4.74 Å². The van der Waals surface area contributed by atoms with Gasteiger partial charge in [0.05, 0.1) is 19.1 Å². The molecule has 0 aromatic carbocycles. The maximum atomic E-state index is 11.7. The molecule has 4 nitrogen and oxygen atoms in total. The Morgan fingerprint density at radius 1 is 1.06 bits per heavy atom. The summed E-state index contributed by atoms with van der Waals surface area (Å²) >= 11 is 0. The molecule has 0 heterocycles. The molecular weight excluding hydrogens is 232 g/mol. The monoisotopic (exact) mass is 258 g/mol. The summed E-state index contributed by atoms with van der Waals surface area (Å²) in [5.74, 6) is -0.516. The van der Waals surface area contributed by atoms with Crippen molar-refractivity contribution in [1.82, 2.24) is 0 Å². The highest BCUT2D eigenvalue weighted by Crippen LogP contribution is 2.19. The fourth-order valence-corrected chi connectivity index (χ4v) is 1.14. The zero-order valence-corrected chi connectivity index (χ0v) is 12.4. The average Bonchev–Trinajstić information content (AvgIpc) is 2.11. The number of aliphatic hydroxyl groups excluding tert-OH is 1. The minimum Gasteiger partial charge on any atom is -0.465 e. The van der Waals surface area contributed by atoms with Crippen LogP contribution in [-0.2, 0) is 14.3 Å². The van der Waals surface area contributed by atoms with Crippen LogP contribution in [0.1, 0.15) is 54.4 Å². The largest absolute Gasteiger partial charge is 0.465 e. The number of ether oxygens (including phenoxy) is 1. The van der Waals surface area contributed by atoms with Gasteiger partial charge in [0.2, 0.25) is 0 Å². The Kier molecular flexibility index (Phi) is 6.00. The van der Waals surface area contributed by atoms with Gasteiger partial charge in [0.15, 0.2) is 0 Å². The third kappa shape index (κ3) is 8.23. The predicted molar refractivity (Wildman–Crippen MR) is 70.1 cm³/mol. The first-order valence-corrected chi connectivity index (χ1v) is 6.29. The predicted octanol–water partition coefficient (Wildman–Crippen LogP) is 2.33. The van der Waals surface area contributed by atoms with E-state index < -0.39 is 17.5 Å². The van der Waals surface area contributed by atoms with E-state index in [1.807, 2.05) is 20.8 Å². The summed E-state index contributed by atoms with van der Waals surface area (Å²) in [6.07, 6.45) is -1.09. The van der Waals surface area contributed by atoms with Crippen LogP contribution in [0.2, 0.25) is 0 Å². The smallest absolute Gasteiger partial charge is 0.308 e. The van der Waals surface area contributed by atoms with E-state index in [-0.39, 0.29) is 24.0 Å². The number of carbonyl (C=O) groups is 2. The molecule has 0 aromatic rings. The lowest BCUT2D eigenvalue weighted by molar-refractivity contribution is -0.149. The van der Waals surface area contributed by atoms with Gasteiger partial charge in [0.25, 0.3) is 0 Å². The molecule has 1 atom stereocenters. The van der Waals surface area contributed by atoms with Gasteiger partial charge < -0.3 is 9.84 Å². The highest BCUT2D eigenvalue weighted by Gasteiger charge is 2.25. The minimum absolute atomic E-state index is 0.00584. The van der Waals surface area contributed by atoms with Crippen molar-refractivity contribution in [2.75, 3.05) is 6.61 Å². The lowest BCUT2D eigenvalue weighted by Gasteiger charge is -2.20. The van der Waals surface area contributed by atoms with Gasteiger partial charge in [0, 0.05) is 11.8 Å². The van der Waals surface area contributed by atoms with Crippen LogP contribution < -0.4 is 0 Å². The van der Waals surface area contributed by atoms with E-state index in [1.165, 1.54) is 0 Å². The van der Waals surface area contributed by atoms with Crippen LogP contribution >= 0.6 is 0 Å². The Bertz CT molecular complexity index is 294. The average molecular weight is 258 g/mol. The third-order valence-corrected chi connectivity index (χ3v) is 2.33. The van der Waals surface area contributed by atoms with Crippen molar-refractivity contribution in [2.24, 2.45) is 10.8 Å². The number of hydrogen-bond acceptors (Lipinski definition) is 4. The number of hydrogen-bond donors (Lipinski definition) is 1. The highest BCUT2D eigenvalue weighted by atomic mass is 16.5. The van der Waals surface area contributed by atoms with Gasteiger partial charge in [-0.2, -0.15) is 0 Å². The molecule has 0 aliphatic carbocycles. The van der Waals surface area contributed by atoms with Crippen molar-refractivity contribution < 1.29 is 19.4 Å². The van der Waals surface area contributed by atoms with Crippen molar-refractivity contribution in [2.45, 2.75) is 60.5 Å². The fraction of sp³-hybridized carbons (Fsp3) is 0.857. The Morgan fingerprint density at radius 3 is 1.94 bits per heavy atom. The van der Waals surface area contributed by atoms with Crippen LogP contribution in [0.5, 0.6) is 0 Å². The molecule has 0 amide bonds. The molecule has 0 aromatic heterocycles. The van der Waals surface area contributed by atoms with E-state index in [2.05, 4.69) is 0 Å². The molecule has 0 aliphatic heterocycles. The van der Waals surface area contributed by atoms with Crippen LogP contribution in [-0.4, -0.2) is 29.6 Å². The molecule has 0 bridgehead atoms. The lowest BCUT2D eigenvalue weighted by atomic mass is 9.87. The highest BCUT2D eigenvalue weighted by molar-refractivity contribution is 5.84. The van der Waals surface area contributed by atoms with E-state index in [1.54, 1.807) is 20.8 Å². The van der Waals surface area contributed by atoms with Gasteiger partial charge in [-0.25, -0.2) is 0 Å². The molecule has 18 heavy (non-hydrogen) atoms. The summed E-state index contributed by atoms with van der Waals surface area (Å²) in [5.41, 5.74) is -0.585. The molecule has 0 saturated heterocycles. The standard InChI is InChI=1S/C14H26O4/c1-13(2,3)9-18-12(17)8-10(15)7-11(16)14(4,5)6/h10,15H,7-9H2,1-6H3. The minimum atomic E-state index is -0.954. The number of ketones is 1. The Hall–Kier alpha value is -0.900. The van der Waals surface area contributed by atoms with E-state index in [0.29, 0.717) is 6.61 Å². The van der Waals surface area contributed by atoms with Gasteiger partial charge in [0.1, 0.15) is 5.78 Å². The number of aliphatic hydroxyl groups is 1. The topological polar surface area (TPSA) is 63.6 Å². The molecule has 1 unspecified atom stereocenters. The van der Waals surface area contributed by atoms with Crippen LogP contribution in [0.4, 0.5) is 0 Å². The molecule has 0 aliphatic rings. The van der Waals surface area contributed by atoms with Gasteiger partial charge in [-0.1, -0.05) is 41.5 Å². The number of esters is 1. The Balaban J connectivity index is 4.06. The van der Waals surface area contributed by atoms with Crippen molar-refractivity contribution in [3.63, 3.8) is 0 Å². The zero-order valence-electron chi connectivity index (χ0n) is 12.4. The summed E-state index contributed by atoms with van der Waals surface area (Å²) in [4.78, 5) is 23.1. The number of carbonyl (C=O) groups excluding carboxylic acids is 2. The molecule has 0 spiro atoms. The number of rotatable bonds is 5. The maximum absolute atomic E-state index is 11.7. The normalized spacial score (nSPS) is 14.2. The van der Waals surface area contributed by atoms with Gasteiger partial charge in [-0.15, -0.1) is 0 Å². The van der Waals surface area contributed by atoms with Crippen molar-refractivity contribution in [3.8, 4) is 0 Å². The van der Waals surface area contributed by atoms with Crippen LogP contribution in [0, 0.1) is 10.8 Å². The molecule has 0 radical (unpaired) electrons. The summed E-state index contributed by atoms with van der Waals surface area (Å²) in [5, 5.41) is 9.66. The second-order valence-electron chi connectivity index (χ2n) is 6.96. The van der Waals surface area contributed by atoms with Crippen LogP contribution in [0.15, 0.2) is 0 Å².